The number of rotatable bonds is 7. The molecule has 3 aromatic rings. The minimum atomic E-state index is 0.223. The van der Waals surface area contributed by atoms with E-state index in [0.717, 1.165) is 16.7 Å². The van der Waals surface area contributed by atoms with Crippen LogP contribution in [0.4, 0.5) is 0 Å². The van der Waals surface area contributed by atoms with E-state index in [2.05, 4.69) is 15.6 Å². The predicted octanol–water partition coefficient (Wildman–Crippen LogP) is 3.70. The summed E-state index contributed by atoms with van der Waals surface area (Å²) in [5.41, 5.74) is 5.05. The molecular formula is C19H19N3O3. The van der Waals surface area contributed by atoms with Crippen molar-refractivity contribution in [2.24, 2.45) is 0 Å². The summed E-state index contributed by atoms with van der Waals surface area (Å²) in [7, 11) is 0. The van der Waals surface area contributed by atoms with Crippen molar-refractivity contribution in [3.05, 3.63) is 72.1 Å². The number of nitrogens with one attached hydrogen (secondary N) is 1. The fourth-order valence-electron chi connectivity index (χ4n) is 2.31. The van der Waals surface area contributed by atoms with Gasteiger partial charge in [-0.05, 0) is 42.3 Å². The zero-order chi connectivity index (χ0) is 17.5. The number of allylic oxidation sites excluding steroid dienone is 1. The molecule has 0 fully saturated rings. The molecule has 0 bridgehead atoms. The molecule has 0 aliphatic rings. The van der Waals surface area contributed by atoms with Gasteiger partial charge in [0.2, 0.25) is 5.82 Å². The smallest absolute Gasteiger partial charge is 0.258 e. The van der Waals surface area contributed by atoms with Crippen molar-refractivity contribution in [1.29, 1.82) is 0 Å². The number of hydroxylamine groups is 1. The lowest BCUT2D eigenvalue weighted by atomic mass is 10.1. The minimum absolute atomic E-state index is 0.223. The first-order chi connectivity index (χ1) is 12.3. The summed E-state index contributed by atoms with van der Waals surface area (Å²) in [5, 5.41) is 12.6. The van der Waals surface area contributed by atoms with Crippen molar-refractivity contribution in [1.82, 2.24) is 15.6 Å². The summed E-state index contributed by atoms with van der Waals surface area (Å²) in [6.45, 7) is 2.59. The Balaban J connectivity index is 1.65. The molecule has 0 aliphatic carbocycles. The standard InChI is InChI=1S/C19H19N3O3/c1-14(10-11-20-23)16-8-5-9-17(12-16)24-13-18-21-19(25-22-18)15-6-3-2-4-7-15/h2-10,12,20,23H,11,13H2,1H3/b14-10+. The Bertz CT molecular complexity index is 844. The van der Waals surface area contributed by atoms with Crippen molar-refractivity contribution in [2.75, 3.05) is 6.54 Å². The van der Waals surface area contributed by atoms with Gasteiger partial charge in [0.05, 0.1) is 0 Å². The molecule has 0 spiro atoms. The van der Waals surface area contributed by atoms with Crippen LogP contribution < -0.4 is 10.2 Å². The van der Waals surface area contributed by atoms with E-state index in [-0.39, 0.29) is 6.61 Å². The molecule has 0 aliphatic heterocycles. The average Bonchev–Trinajstić information content (AvgIpc) is 3.14. The molecule has 1 heterocycles. The highest BCUT2D eigenvalue weighted by Crippen LogP contribution is 2.21. The Morgan fingerprint density at radius 1 is 1.20 bits per heavy atom. The minimum Gasteiger partial charge on any atom is -0.485 e. The van der Waals surface area contributed by atoms with E-state index in [1.807, 2.05) is 67.6 Å². The fraction of sp³-hybridized carbons (Fsp3) is 0.158. The molecular weight excluding hydrogens is 318 g/mol. The second kappa shape index (κ2) is 8.23. The molecule has 1 aromatic heterocycles. The molecule has 0 saturated carbocycles. The summed E-state index contributed by atoms with van der Waals surface area (Å²) in [6, 6.07) is 17.3. The lowest BCUT2D eigenvalue weighted by molar-refractivity contribution is 0.180. The van der Waals surface area contributed by atoms with E-state index in [1.165, 1.54) is 0 Å². The van der Waals surface area contributed by atoms with Crippen molar-refractivity contribution >= 4 is 5.57 Å². The van der Waals surface area contributed by atoms with E-state index in [0.29, 0.717) is 24.0 Å². The van der Waals surface area contributed by atoms with E-state index in [1.54, 1.807) is 0 Å². The van der Waals surface area contributed by atoms with Crippen LogP contribution in [0.3, 0.4) is 0 Å². The van der Waals surface area contributed by atoms with Gasteiger partial charge in [0.15, 0.2) is 6.61 Å². The molecule has 0 amide bonds. The van der Waals surface area contributed by atoms with E-state index in [9.17, 15) is 0 Å². The maximum atomic E-state index is 8.67. The number of aromatic nitrogens is 2. The summed E-state index contributed by atoms with van der Waals surface area (Å²) < 4.78 is 11.0. The molecule has 25 heavy (non-hydrogen) atoms. The van der Waals surface area contributed by atoms with Gasteiger partial charge in [-0.25, -0.2) is 5.48 Å². The van der Waals surface area contributed by atoms with Gasteiger partial charge < -0.3 is 14.5 Å². The first-order valence-corrected chi connectivity index (χ1v) is 7.91. The summed E-state index contributed by atoms with van der Waals surface area (Å²) in [6.07, 6.45) is 1.89. The van der Waals surface area contributed by atoms with Crippen LogP contribution in [0, 0.1) is 0 Å². The van der Waals surface area contributed by atoms with Crippen LogP contribution in [0.25, 0.3) is 17.0 Å². The number of hydrogen-bond donors (Lipinski definition) is 2. The third-order valence-corrected chi connectivity index (χ3v) is 3.65. The average molecular weight is 337 g/mol. The first kappa shape index (κ1) is 16.9. The molecule has 2 aromatic carbocycles. The van der Waals surface area contributed by atoms with Crippen molar-refractivity contribution in [3.63, 3.8) is 0 Å². The summed E-state index contributed by atoms with van der Waals surface area (Å²) >= 11 is 0. The molecule has 0 saturated heterocycles. The lowest BCUT2D eigenvalue weighted by Crippen LogP contribution is -2.05. The number of ether oxygens (including phenoxy) is 1. The Hall–Kier alpha value is -2.96. The van der Waals surface area contributed by atoms with Crippen LogP contribution in [0.1, 0.15) is 18.3 Å². The van der Waals surface area contributed by atoms with Crippen LogP contribution in [0.2, 0.25) is 0 Å². The number of hydrogen-bond acceptors (Lipinski definition) is 6. The SMILES string of the molecule is C/C(=C\CNO)c1cccc(OCc2noc(-c3ccccc3)n2)c1. The first-order valence-electron chi connectivity index (χ1n) is 7.91. The van der Waals surface area contributed by atoms with Gasteiger partial charge in [0, 0.05) is 12.1 Å². The molecule has 2 N–H and O–H groups in total. The summed E-state index contributed by atoms with van der Waals surface area (Å²) in [4.78, 5) is 4.34. The quantitative estimate of drug-likeness (QED) is 0.640. The highest BCUT2D eigenvalue weighted by atomic mass is 16.5. The van der Waals surface area contributed by atoms with Gasteiger partial charge in [0.1, 0.15) is 5.75 Å². The Labute approximate surface area is 145 Å². The number of benzene rings is 2. The molecule has 0 radical (unpaired) electrons. The van der Waals surface area contributed by atoms with E-state index >= 15 is 0 Å². The molecule has 0 atom stereocenters. The zero-order valence-electron chi connectivity index (χ0n) is 13.8. The molecule has 0 unspecified atom stereocenters. The van der Waals surface area contributed by atoms with Gasteiger partial charge >= 0.3 is 0 Å². The normalized spacial score (nSPS) is 11.5. The Kier molecular flexibility index (Phi) is 5.56. The number of nitrogens with zero attached hydrogens (tertiary/aromatic N) is 2. The second-order valence-electron chi connectivity index (χ2n) is 5.45. The summed E-state index contributed by atoms with van der Waals surface area (Å²) in [5.74, 6) is 1.68. The predicted molar refractivity (Wildman–Crippen MR) is 93.9 cm³/mol. The Morgan fingerprint density at radius 2 is 2.04 bits per heavy atom. The van der Waals surface area contributed by atoms with Crippen LogP contribution in [0.15, 0.2) is 65.2 Å². The molecule has 6 nitrogen and oxygen atoms in total. The van der Waals surface area contributed by atoms with Crippen molar-refractivity contribution < 1.29 is 14.5 Å². The zero-order valence-corrected chi connectivity index (χ0v) is 13.8. The molecule has 128 valence electrons. The highest BCUT2D eigenvalue weighted by molar-refractivity contribution is 5.65. The Morgan fingerprint density at radius 3 is 2.84 bits per heavy atom. The third kappa shape index (κ3) is 4.53. The van der Waals surface area contributed by atoms with Gasteiger partial charge in [-0.15, -0.1) is 0 Å². The van der Waals surface area contributed by atoms with Crippen LogP contribution in [-0.4, -0.2) is 21.9 Å². The van der Waals surface area contributed by atoms with Gasteiger partial charge in [-0.1, -0.05) is 41.6 Å². The van der Waals surface area contributed by atoms with Crippen LogP contribution >= 0.6 is 0 Å². The van der Waals surface area contributed by atoms with E-state index < -0.39 is 0 Å². The van der Waals surface area contributed by atoms with Gasteiger partial charge in [-0.3, -0.25) is 0 Å². The highest BCUT2D eigenvalue weighted by Gasteiger charge is 2.09. The monoisotopic (exact) mass is 337 g/mol. The molecule has 3 rings (SSSR count). The van der Waals surface area contributed by atoms with Crippen LogP contribution in [0.5, 0.6) is 5.75 Å². The maximum Gasteiger partial charge on any atom is 0.258 e. The fourth-order valence-corrected chi connectivity index (χ4v) is 2.31. The van der Waals surface area contributed by atoms with Crippen molar-refractivity contribution in [3.8, 4) is 17.2 Å². The van der Waals surface area contributed by atoms with Gasteiger partial charge in [-0.2, -0.15) is 4.98 Å². The van der Waals surface area contributed by atoms with Gasteiger partial charge in [0.25, 0.3) is 5.89 Å². The maximum absolute atomic E-state index is 8.67. The van der Waals surface area contributed by atoms with E-state index in [4.69, 9.17) is 14.5 Å². The molecule has 6 heteroatoms. The lowest BCUT2D eigenvalue weighted by Gasteiger charge is -2.07. The second-order valence-corrected chi connectivity index (χ2v) is 5.45. The largest absolute Gasteiger partial charge is 0.485 e. The van der Waals surface area contributed by atoms with Crippen LogP contribution in [-0.2, 0) is 6.61 Å². The third-order valence-electron chi connectivity index (χ3n) is 3.65. The topological polar surface area (TPSA) is 80.4 Å². The van der Waals surface area contributed by atoms with Crippen molar-refractivity contribution in [2.45, 2.75) is 13.5 Å².